The van der Waals surface area contributed by atoms with Crippen LogP contribution in [0.15, 0.2) is 65.7 Å². The van der Waals surface area contributed by atoms with Gasteiger partial charge in [0.05, 0.1) is 17.9 Å². The van der Waals surface area contributed by atoms with Crippen molar-refractivity contribution in [3.63, 3.8) is 0 Å². The molecule has 0 spiro atoms. The summed E-state index contributed by atoms with van der Waals surface area (Å²) in [6.45, 7) is 2.63. The molecule has 0 radical (unpaired) electrons. The van der Waals surface area contributed by atoms with Crippen LogP contribution in [0.5, 0.6) is 0 Å². The highest BCUT2D eigenvalue weighted by atomic mass is 35.5. The van der Waals surface area contributed by atoms with Gasteiger partial charge in [-0.25, -0.2) is 4.98 Å². The molecule has 35 heavy (non-hydrogen) atoms. The fourth-order valence-electron chi connectivity index (χ4n) is 4.18. The van der Waals surface area contributed by atoms with E-state index in [0.29, 0.717) is 40.4 Å². The maximum absolute atomic E-state index is 12.7. The summed E-state index contributed by atoms with van der Waals surface area (Å²) in [7, 11) is 0. The van der Waals surface area contributed by atoms with Gasteiger partial charge in [-0.2, -0.15) is 4.98 Å². The number of carbonyl (C=O) groups excluding carboxylic acids is 1. The Hall–Kier alpha value is -3.20. The average Bonchev–Trinajstić information content (AvgIpc) is 3.56. The third kappa shape index (κ3) is 5.73. The summed E-state index contributed by atoms with van der Waals surface area (Å²) in [6.07, 6.45) is 6.98. The van der Waals surface area contributed by atoms with Crippen molar-refractivity contribution in [2.24, 2.45) is 5.92 Å². The fraction of sp³-hybridized carbons (Fsp3) is 0.280. The van der Waals surface area contributed by atoms with Crippen molar-refractivity contribution in [3.05, 3.63) is 82.7 Å². The van der Waals surface area contributed by atoms with Crippen molar-refractivity contribution in [1.82, 2.24) is 29.9 Å². The van der Waals surface area contributed by atoms with E-state index in [2.05, 4.69) is 25.3 Å². The number of imidazole rings is 1. The first kappa shape index (κ1) is 23.5. The number of rotatable bonds is 7. The number of benzene rings is 2. The van der Waals surface area contributed by atoms with E-state index in [1.807, 2.05) is 35.0 Å². The van der Waals surface area contributed by atoms with Crippen LogP contribution < -0.4 is 5.32 Å². The Morgan fingerprint density at radius 1 is 1.11 bits per heavy atom. The minimum atomic E-state index is 0.00240. The molecule has 5 rings (SSSR count). The molecule has 0 unspecified atom stereocenters. The topological polar surface area (TPSA) is 89.1 Å². The lowest BCUT2D eigenvalue weighted by Crippen LogP contribution is -2.40. The molecule has 1 saturated heterocycles. The molecule has 0 bridgehead atoms. The van der Waals surface area contributed by atoms with Crippen LogP contribution in [0.4, 0.5) is 0 Å². The molecule has 2 aromatic carbocycles. The van der Waals surface area contributed by atoms with E-state index in [1.165, 1.54) is 0 Å². The molecule has 0 aliphatic carbocycles. The van der Waals surface area contributed by atoms with Crippen molar-refractivity contribution in [2.75, 3.05) is 13.1 Å². The summed E-state index contributed by atoms with van der Waals surface area (Å²) in [5.41, 5.74) is 2.78. The van der Waals surface area contributed by atoms with E-state index in [4.69, 9.17) is 27.7 Å². The van der Waals surface area contributed by atoms with E-state index in [1.54, 1.807) is 30.7 Å². The van der Waals surface area contributed by atoms with Gasteiger partial charge in [-0.15, -0.1) is 0 Å². The molecule has 180 valence electrons. The van der Waals surface area contributed by atoms with Crippen molar-refractivity contribution in [2.45, 2.75) is 25.9 Å². The van der Waals surface area contributed by atoms with Gasteiger partial charge in [0, 0.05) is 41.1 Å². The van der Waals surface area contributed by atoms with Gasteiger partial charge in [-0.1, -0.05) is 40.5 Å². The summed E-state index contributed by atoms with van der Waals surface area (Å²) in [6, 6.07) is 13.3. The maximum atomic E-state index is 12.7. The average molecular weight is 511 g/mol. The van der Waals surface area contributed by atoms with Gasteiger partial charge in [0.2, 0.25) is 17.6 Å². The Bertz CT molecular complexity index is 1280. The van der Waals surface area contributed by atoms with E-state index in [-0.39, 0.29) is 11.8 Å². The molecular formula is C25H24Cl2N6O2. The van der Waals surface area contributed by atoms with Gasteiger partial charge >= 0.3 is 0 Å². The SMILES string of the molecule is O=C(NCc1ccc(-n2ccnc2)cc1)C1CCN(Cc2nc(-c3ccc(Cl)cc3Cl)no2)CC1. The zero-order valence-corrected chi connectivity index (χ0v) is 20.4. The predicted molar refractivity (Wildman–Crippen MR) is 133 cm³/mol. The Kier molecular flexibility index (Phi) is 7.13. The smallest absolute Gasteiger partial charge is 0.241 e. The summed E-state index contributed by atoms with van der Waals surface area (Å²) < 4.78 is 7.36. The zero-order valence-electron chi connectivity index (χ0n) is 18.9. The molecule has 1 N–H and O–H groups in total. The number of piperidine rings is 1. The van der Waals surface area contributed by atoms with E-state index in [9.17, 15) is 4.79 Å². The first-order valence-corrected chi connectivity index (χ1v) is 12.2. The monoisotopic (exact) mass is 510 g/mol. The molecule has 1 aliphatic rings. The maximum Gasteiger partial charge on any atom is 0.241 e. The summed E-state index contributed by atoms with van der Waals surface area (Å²) >= 11 is 12.2. The molecular weight excluding hydrogens is 487 g/mol. The number of amides is 1. The molecule has 3 heterocycles. The molecule has 1 amide bonds. The number of likely N-dealkylation sites (tertiary alicyclic amines) is 1. The number of aromatic nitrogens is 4. The standard InChI is InChI=1S/C25H24Cl2N6O2/c26-19-3-6-21(22(27)13-19)24-30-23(35-31-24)15-32-10-7-18(8-11-32)25(34)29-14-17-1-4-20(5-2-17)33-12-9-28-16-33/h1-6,9,12-13,16,18H,7-8,10-11,14-15H2,(H,29,34). The highest BCUT2D eigenvalue weighted by molar-refractivity contribution is 6.36. The molecule has 4 aromatic rings. The van der Waals surface area contributed by atoms with Gasteiger partial charge in [0.1, 0.15) is 0 Å². The van der Waals surface area contributed by atoms with Gasteiger partial charge in [0.15, 0.2) is 0 Å². The number of hydrogen-bond acceptors (Lipinski definition) is 6. The molecule has 0 atom stereocenters. The van der Waals surface area contributed by atoms with Gasteiger partial charge in [-0.05, 0) is 61.8 Å². The van der Waals surface area contributed by atoms with Crippen LogP contribution in [0, 0.1) is 5.92 Å². The van der Waals surface area contributed by atoms with Crippen LogP contribution >= 0.6 is 23.2 Å². The quantitative estimate of drug-likeness (QED) is 0.385. The second kappa shape index (κ2) is 10.6. The normalized spacial score (nSPS) is 14.8. The van der Waals surface area contributed by atoms with Crippen molar-refractivity contribution < 1.29 is 9.32 Å². The molecule has 8 nitrogen and oxygen atoms in total. The number of nitrogens with zero attached hydrogens (tertiary/aromatic N) is 5. The van der Waals surface area contributed by atoms with Crippen molar-refractivity contribution in [3.8, 4) is 17.1 Å². The first-order chi connectivity index (χ1) is 17.0. The van der Waals surface area contributed by atoms with Crippen molar-refractivity contribution in [1.29, 1.82) is 0 Å². The zero-order chi connectivity index (χ0) is 24.2. The Morgan fingerprint density at radius 2 is 1.91 bits per heavy atom. The minimum absolute atomic E-state index is 0.00240. The number of carbonyl (C=O) groups is 1. The van der Waals surface area contributed by atoms with E-state index in [0.717, 1.165) is 37.2 Å². The lowest BCUT2D eigenvalue weighted by molar-refractivity contribution is -0.126. The highest BCUT2D eigenvalue weighted by Crippen LogP contribution is 2.28. The van der Waals surface area contributed by atoms with Gasteiger partial charge in [0.25, 0.3) is 0 Å². The third-order valence-electron chi connectivity index (χ3n) is 6.16. The molecule has 1 fully saturated rings. The Labute approximate surface area is 212 Å². The van der Waals surface area contributed by atoms with E-state index < -0.39 is 0 Å². The summed E-state index contributed by atoms with van der Waals surface area (Å²) in [5, 5.41) is 8.16. The summed E-state index contributed by atoms with van der Waals surface area (Å²) in [5.74, 6) is 1.06. The first-order valence-electron chi connectivity index (χ1n) is 11.4. The molecule has 0 saturated carbocycles. The van der Waals surface area contributed by atoms with Crippen LogP contribution in [-0.2, 0) is 17.9 Å². The molecule has 2 aromatic heterocycles. The predicted octanol–water partition coefficient (Wildman–Crippen LogP) is 4.76. The van der Waals surface area contributed by atoms with Crippen LogP contribution in [0.3, 0.4) is 0 Å². The van der Waals surface area contributed by atoms with Crippen LogP contribution in [0.2, 0.25) is 10.0 Å². The molecule has 1 aliphatic heterocycles. The number of halogens is 2. The number of nitrogens with one attached hydrogen (secondary N) is 1. The van der Waals surface area contributed by atoms with Crippen LogP contribution in [0.1, 0.15) is 24.3 Å². The number of hydrogen-bond donors (Lipinski definition) is 1. The lowest BCUT2D eigenvalue weighted by Gasteiger charge is -2.30. The second-order valence-corrected chi connectivity index (χ2v) is 9.38. The van der Waals surface area contributed by atoms with Crippen LogP contribution in [0.25, 0.3) is 17.1 Å². The summed E-state index contributed by atoms with van der Waals surface area (Å²) in [4.78, 5) is 23.5. The minimum Gasteiger partial charge on any atom is -0.352 e. The van der Waals surface area contributed by atoms with Gasteiger partial charge in [-0.3, -0.25) is 9.69 Å². The largest absolute Gasteiger partial charge is 0.352 e. The van der Waals surface area contributed by atoms with Gasteiger partial charge < -0.3 is 14.4 Å². The third-order valence-corrected chi connectivity index (χ3v) is 6.71. The van der Waals surface area contributed by atoms with Crippen molar-refractivity contribution >= 4 is 29.1 Å². The molecule has 10 heteroatoms. The highest BCUT2D eigenvalue weighted by Gasteiger charge is 2.26. The second-order valence-electron chi connectivity index (χ2n) is 8.54. The Balaban J connectivity index is 1.08. The van der Waals surface area contributed by atoms with Crippen LogP contribution in [-0.4, -0.2) is 43.6 Å². The Morgan fingerprint density at radius 3 is 2.63 bits per heavy atom. The fourth-order valence-corrected chi connectivity index (χ4v) is 4.67. The van der Waals surface area contributed by atoms with E-state index >= 15 is 0 Å². The lowest BCUT2D eigenvalue weighted by atomic mass is 9.96.